The largest absolute Gasteiger partial charge is 0.396 e. The van der Waals surface area contributed by atoms with Gasteiger partial charge in [-0.2, -0.15) is 0 Å². The van der Waals surface area contributed by atoms with E-state index in [1.54, 1.807) is 11.8 Å². The van der Waals surface area contributed by atoms with Gasteiger partial charge in [0.25, 0.3) is 0 Å². The summed E-state index contributed by atoms with van der Waals surface area (Å²) in [5.41, 5.74) is 1.08. The molecule has 5 heteroatoms. The summed E-state index contributed by atoms with van der Waals surface area (Å²) >= 11 is 1.72. The molecule has 0 aromatic heterocycles. The Labute approximate surface area is 149 Å². The first kappa shape index (κ1) is 17.8. The molecule has 2 fully saturated rings. The minimum absolute atomic E-state index is 0.198. The molecule has 1 heterocycles. The van der Waals surface area contributed by atoms with Crippen molar-refractivity contribution in [1.29, 1.82) is 0 Å². The SMILES string of the molecule is CSc1ccc(CC(=O)N2CCN(CC3CC3)[C@H](CCO)C2)cc1. The average Bonchev–Trinajstić information content (AvgIpc) is 3.41. The molecule has 1 saturated heterocycles. The molecule has 1 N–H and O–H groups in total. The molecule has 0 spiro atoms. The Kier molecular flexibility index (Phi) is 6.19. The van der Waals surface area contributed by atoms with Gasteiger partial charge in [0.15, 0.2) is 0 Å². The van der Waals surface area contributed by atoms with Crippen LogP contribution in [0.15, 0.2) is 29.2 Å². The van der Waals surface area contributed by atoms with Crippen LogP contribution in [0.2, 0.25) is 0 Å². The molecule has 1 aliphatic heterocycles. The molecule has 0 unspecified atom stereocenters. The molecule has 24 heavy (non-hydrogen) atoms. The van der Waals surface area contributed by atoms with Gasteiger partial charge in [0.2, 0.25) is 5.91 Å². The van der Waals surface area contributed by atoms with Gasteiger partial charge in [-0.15, -0.1) is 11.8 Å². The first-order valence-electron chi connectivity index (χ1n) is 8.95. The summed E-state index contributed by atoms with van der Waals surface area (Å²) in [6.07, 6.45) is 5.98. The number of rotatable bonds is 7. The maximum absolute atomic E-state index is 12.7. The Morgan fingerprint density at radius 2 is 2.00 bits per heavy atom. The van der Waals surface area contributed by atoms with Crippen molar-refractivity contribution < 1.29 is 9.90 Å². The Balaban J connectivity index is 1.55. The molecule has 2 aliphatic rings. The summed E-state index contributed by atoms with van der Waals surface area (Å²) in [7, 11) is 0. The topological polar surface area (TPSA) is 43.8 Å². The number of benzene rings is 1. The fraction of sp³-hybridized carbons (Fsp3) is 0.632. The van der Waals surface area contributed by atoms with Crippen molar-refractivity contribution in [3.05, 3.63) is 29.8 Å². The zero-order valence-corrected chi connectivity index (χ0v) is 15.3. The van der Waals surface area contributed by atoms with Gasteiger partial charge in [-0.25, -0.2) is 0 Å². The molecule has 3 rings (SSSR count). The second kappa shape index (κ2) is 8.37. The molecule has 132 valence electrons. The van der Waals surface area contributed by atoms with E-state index in [-0.39, 0.29) is 12.5 Å². The van der Waals surface area contributed by atoms with Crippen molar-refractivity contribution >= 4 is 17.7 Å². The fourth-order valence-corrected chi connectivity index (χ4v) is 3.85. The Bertz CT molecular complexity index is 545. The molecule has 1 atom stereocenters. The van der Waals surface area contributed by atoms with Crippen molar-refractivity contribution in [3.63, 3.8) is 0 Å². The zero-order chi connectivity index (χ0) is 16.9. The lowest BCUT2D eigenvalue weighted by Crippen LogP contribution is -2.55. The van der Waals surface area contributed by atoms with Gasteiger partial charge in [0.1, 0.15) is 0 Å². The van der Waals surface area contributed by atoms with E-state index in [9.17, 15) is 9.90 Å². The second-order valence-corrected chi connectivity index (χ2v) is 7.85. The first-order valence-corrected chi connectivity index (χ1v) is 10.2. The van der Waals surface area contributed by atoms with Crippen LogP contribution in [0.1, 0.15) is 24.8 Å². The van der Waals surface area contributed by atoms with E-state index in [0.29, 0.717) is 12.5 Å². The van der Waals surface area contributed by atoms with Gasteiger partial charge in [0, 0.05) is 43.7 Å². The van der Waals surface area contributed by atoms with Crippen LogP contribution in [-0.4, -0.2) is 65.9 Å². The van der Waals surface area contributed by atoms with Crippen molar-refractivity contribution in [2.24, 2.45) is 5.92 Å². The van der Waals surface area contributed by atoms with E-state index >= 15 is 0 Å². The smallest absolute Gasteiger partial charge is 0.227 e. The summed E-state index contributed by atoms with van der Waals surface area (Å²) < 4.78 is 0. The molecule has 1 aromatic carbocycles. The number of hydrogen-bond donors (Lipinski definition) is 1. The highest BCUT2D eigenvalue weighted by atomic mass is 32.2. The normalized spacial score (nSPS) is 21.9. The maximum Gasteiger partial charge on any atom is 0.227 e. The standard InChI is InChI=1S/C19H28N2O2S/c1-24-18-6-4-15(5-7-18)12-19(23)21-10-9-20(13-16-2-3-16)17(14-21)8-11-22/h4-7,16-17,22H,2-3,8-14H2,1H3/t17-/m1/s1. The molecule has 1 aromatic rings. The Hall–Kier alpha value is -1.04. The van der Waals surface area contributed by atoms with Gasteiger partial charge in [-0.05, 0) is 49.1 Å². The van der Waals surface area contributed by atoms with Crippen LogP contribution >= 0.6 is 11.8 Å². The van der Waals surface area contributed by atoms with Crippen molar-refractivity contribution in [1.82, 2.24) is 9.80 Å². The van der Waals surface area contributed by atoms with Crippen LogP contribution in [0.5, 0.6) is 0 Å². The third-order valence-electron chi connectivity index (χ3n) is 5.12. The van der Waals surface area contributed by atoms with Crippen molar-refractivity contribution in [2.75, 3.05) is 39.0 Å². The molecular formula is C19H28N2O2S. The van der Waals surface area contributed by atoms with Crippen LogP contribution < -0.4 is 0 Å². The summed E-state index contributed by atoms with van der Waals surface area (Å²) in [4.78, 5) is 18.4. The monoisotopic (exact) mass is 348 g/mol. The third-order valence-corrected chi connectivity index (χ3v) is 5.87. The Morgan fingerprint density at radius 1 is 1.25 bits per heavy atom. The number of carbonyl (C=O) groups excluding carboxylic acids is 1. The molecule has 0 bridgehead atoms. The average molecular weight is 349 g/mol. The number of nitrogens with zero attached hydrogens (tertiary/aromatic N) is 2. The van der Waals surface area contributed by atoms with Gasteiger partial charge < -0.3 is 10.0 Å². The van der Waals surface area contributed by atoms with Gasteiger partial charge in [-0.3, -0.25) is 9.69 Å². The summed E-state index contributed by atoms with van der Waals surface area (Å²) in [5.74, 6) is 1.06. The number of aliphatic hydroxyl groups excluding tert-OH is 1. The number of hydrogen-bond acceptors (Lipinski definition) is 4. The van der Waals surface area contributed by atoms with E-state index < -0.39 is 0 Å². The molecule has 0 radical (unpaired) electrons. The molecule has 4 nitrogen and oxygen atoms in total. The van der Waals surface area contributed by atoms with Crippen LogP contribution in [0.25, 0.3) is 0 Å². The quantitative estimate of drug-likeness (QED) is 0.768. The number of carbonyl (C=O) groups is 1. The van der Waals surface area contributed by atoms with Crippen LogP contribution in [0.4, 0.5) is 0 Å². The lowest BCUT2D eigenvalue weighted by molar-refractivity contribution is -0.133. The van der Waals surface area contributed by atoms with Crippen molar-refractivity contribution in [3.8, 4) is 0 Å². The van der Waals surface area contributed by atoms with Crippen molar-refractivity contribution in [2.45, 2.75) is 36.6 Å². The van der Waals surface area contributed by atoms with Gasteiger partial charge in [0.05, 0.1) is 6.42 Å². The van der Waals surface area contributed by atoms with Gasteiger partial charge in [-0.1, -0.05) is 12.1 Å². The molecule has 1 aliphatic carbocycles. The van der Waals surface area contributed by atoms with E-state index in [4.69, 9.17) is 0 Å². The van der Waals surface area contributed by atoms with Crippen LogP contribution in [0, 0.1) is 5.92 Å². The van der Waals surface area contributed by atoms with Crippen LogP contribution in [-0.2, 0) is 11.2 Å². The highest BCUT2D eigenvalue weighted by molar-refractivity contribution is 7.98. The predicted molar refractivity (Wildman–Crippen MR) is 98.3 cm³/mol. The lowest BCUT2D eigenvalue weighted by atomic mass is 10.1. The molecular weight excluding hydrogens is 320 g/mol. The van der Waals surface area contributed by atoms with E-state index in [1.807, 2.05) is 4.90 Å². The number of piperazine rings is 1. The summed E-state index contributed by atoms with van der Waals surface area (Å²) in [6, 6.07) is 8.58. The predicted octanol–water partition coefficient (Wildman–Crippen LogP) is 2.26. The zero-order valence-electron chi connectivity index (χ0n) is 14.5. The highest BCUT2D eigenvalue weighted by Gasteiger charge is 2.33. The second-order valence-electron chi connectivity index (χ2n) is 6.97. The fourth-order valence-electron chi connectivity index (χ4n) is 3.44. The van der Waals surface area contributed by atoms with E-state index in [1.165, 1.54) is 17.7 Å². The van der Waals surface area contributed by atoms with Crippen LogP contribution in [0.3, 0.4) is 0 Å². The third kappa shape index (κ3) is 4.74. The minimum atomic E-state index is 0.198. The Morgan fingerprint density at radius 3 is 2.62 bits per heavy atom. The minimum Gasteiger partial charge on any atom is -0.396 e. The molecule has 1 saturated carbocycles. The van der Waals surface area contributed by atoms with Gasteiger partial charge >= 0.3 is 0 Å². The number of thioether (sulfide) groups is 1. The lowest BCUT2D eigenvalue weighted by Gasteiger charge is -2.41. The number of amides is 1. The van der Waals surface area contributed by atoms with E-state index in [2.05, 4.69) is 35.4 Å². The highest BCUT2D eigenvalue weighted by Crippen LogP contribution is 2.31. The van der Waals surface area contributed by atoms with E-state index in [0.717, 1.165) is 44.1 Å². The molecule has 1 amide bonds. The number of aliphatic hydroxyl groups is 1. The first-order chi connectivity index (χ1) is 11.7. The summed E-state index contributed by atoms with van der Waals surface area (Å²) in [5, 5.41) is 9.36. The summed E-state index contributed by atoms with van der Waals surface area (Å²) in [6.45, 7) is 3.86. The maximum atomic E-state index is 12.7.